The molecule has 2 aromatic rings. The number of hydrogen-bond donors (Lipinski definition) is 0. The molecule has 1 atom stereocenters. The van der Waals surface area contributed by atoms with Gasteiger partial charge in [0, 0.05) is 41.4 Å². The molecule has 0 radical (unpaired) electrons. The largest absolute Gasteiger partial charge is 0.457 e. The van der Waals surface area contributed by atoms with Crippen molar-refractivity contribution in [1.82, 2.24) is 0 Å². The molecule has 1 aliphatic heterocycles. The van der Waals surface area contributed by atoms with Crippen LogP contribution in [0.15, 0.2) is 48.5 Å². The number of non-ortho nitro benzene ring substituents is 1. The van der Waals surface area contributed by atoms with Crippen LogP contribution >= 0.6 is 11.6 Å². The molecule has 1 fully saturated rings. The number of esters is 1. The summed E-state index contributed by atoms with van der Waals surface area (Å²) in [6.07, 6.45) is -0.0314. The predicted octanol–water partition coefficient (Wildman–Crippen LogP) is 3.03. The zero-order valence-corrected chi connectivity index (χ0v) is 15.3. The summed E-state index contributed by atoms with van der Waals surface area (Å²) in [4.78, 5) is 48.2. The molecular formula is C19H15ClN2O6. The van der Waals surface area contributed by atoms with Crippen LogP contribution in [0.25, 0.3) is 0 Å². The number of amides is 1. The van der Waals surface area contributed by atoms with Crippen molar-refractivity contribution in [2.45, 2.75) is 6.42 Å². The number of ether oxygens (including phenoxy) is 1. The van der Waals surface area contributed by atoms with Gasteiger partial charge in [-0.15, -0.1) is 0 Å². The Bertz CT molecular complexity index is 961. The summed E-state index contributed by atoms with van der Waals surface area (Å²) in [6.45, 7) is -0.426. The minimum absolute atomic E-state index is 0.0314. The number of nitrogens with zero attached hydrogens (tertiary/aromatic N) is 2. The van der Waals surface area contributed by atoms with E-state index in [2.05, 4.69) is 0 Å². The molecular weight excluding hydrogens is 388 g/mol. The summed E-state index contributed by atoms with van der Waals surface area (Å²) in [6, 6.07) is 11.9. The first kappa shape index (κ1) is 19.5. The summed E-state index contributed by atoms with van der Waals surface area (Å²) in [7, 11) is 0. The maximum atomic E-state index is 12.3. The van der Waals surface area contributed by atoms with Crippen LogP contribution in [-0.4, -0.2) is 35.7 Å². The number of nitro benzene ring substituents is 1. The summed E-state index contributed by atoms with van der Waals surface area (Å²) < 4.78 is 5.04. The number of rotatable bonds is 6. The molecule has 1 amide bonds. The van der Waals surface area contributed by atoms with Crippen LogP contribution in [0.1, 0.15) is 16.8 Å². The van der Waals surface area contributed by atoms with E-state index in [0.717, 1.165) is 6.07 Å². The number of benzene rings is 2. The fourth-order valence-corrected chi connectivity index (χ4v) is 3.07. The molecule has 1 saturated heterocycles. The molecule has 0 spiro atoms. The van der Waals surface area contributed by atoms with E-state index in [-0.39, 0.29) is 30.1 Å². The summed E-state index contributed by atoms with van der Waals surface area (Å²) in [5, 5.41) is 11.3. The lowest BCUT2D eigenvalue weighted by atomic mass is 10.1. The third-order valence-electron chi connectivity index (χ3n) is 4.30. The standard InChI is InChI=1S/C19H15ClN2O6/c20-14-4-2-5-15(9-14)21-10-13(8-18(21)24)19(25)28-11-17(23)12-3-1-6-16(7-12)22(26)27/h1-7,9,13H,8,10-11H2. The Labute approximate surface area is 164 Å². The van der Waals surface area contributed by atoms with Gasteiger partial charge in [-0.2, -0.15) is 0 Å². The van der Waals surface area contributed by atoms with Crippen molar-refractivity contribution < 1.29 is 24.0 Å². The average Bonchev–Trinajstić information content (AvgIpc) is 3.07. The van der Waals surface area contributed by atoms with Gasteiger partial charge in [0.05, 0.1) is 10.8 Å². The van der Waals surface area contributed by atoms with Crippen molar-refractivity contribution >= 4 is 40.6 Å². The molecule has 0 aliphatic carbocycles. The van der Waals surface area contributed by atoms with Crippen LogP contribution in [0.2, 0.25) is 5.02 Å². The lowest BCUT2D eigenvalue weighted by molar-refractivity contribution is -0.384. The Kier molecular flexibility index (Phi) is 5.70. The summed E-state index contributed by atoms with van der Waals surface area (Å²) >= 11 is 5.93. The second-order valence-corrected chi connectivity index (χ2v) is 6.66. The molecule has 8 nitrogen and oxygen atoms in total. The van der Waals surface area contributed by atoms with Gasteiger partial charge in [-0.3, -0.25) is 24.5 Å². The number of halogens is 1. The van der Waals surface area contributed by atoms with Crippen LogP contribution in [0.3, 0.4) is 0 Å². The molecule has 0 N–H and O–H groups in total. The average molecular weight is 403 g/mol. The van der Waals surface area contributed by atoms with E-state index in [9.17, 15) is 24.5 Å². The van der Waals surface area contributed by atoms with Crippen LogP contribution < -0.4 is 4.90 Å². The highest BCUT2D eigenvalue weighted by atomic mass is 35.5. The maximum absolute atomic E-state index is 12.3. The van der Waals surface area contributed by atoms with E-state index in [1.165, 1.54) is 23.1 Å². The first-order valence-electron chi connectivity index (χ1n) is 8.35. The topological polar surface area (TPSA) is 107 Å². The van der Waals surface area contributed by atoms with Crippen LogP contribution in [0, 0.1) is 16.0 Å². The maximum Gasteiger partial charge on any atom is 0.311 e. The van der Waals surface area contributed by atoms with Crippen molar-refractivity contribution in [2.75, 3.05) is 18.1 Å². The van der Waals surface area contributed by atoms with Gasteiger partial charge in [0.2, 0.25) is 11.7 Å². The van der Waals surface area contributed by atoms with Crippen molar-refractivity contribution in [3.63, 3.8) is 0 Å². The number of nitro groups is 1. The molecule has 144 valence electrons. The number of carbonyl (C=O) groups is 3. The molecule has 0 saturated carbocycles. The molecule has 3 rings (SSSR count). The Balaban J connectivity index is 1.59. The van der Waals surface area contributed by atoms with Crippen LogP contribution in [-0.2, 0) is 14.3 Å². The SMILES string of the molecule is O=C(COC(=O)C1CC(=O)N(c2cccc(Cl)c2)C1)c1cccc([N+](=O)[O-])c1. The molecule has 2 aromatic carbocycles. The van der Waals surface area contributed by atoms with E-state index < -0.39 is 29.2 Å². The van der Waals surface area contributed by atoms with Gasteiger partial charge in [-0.05, 0) is 18.2 Å². The predicted molar refractivity (Wildman–Crippen MR) is 100 cm³/mol. The number of anilines is 1. The zero-order valence-electron chi connectivity index (χ0n) is 14.5. The van der Waals surface area contributed by atoms with Crippen molar-refractivity contribution in [1.29, 1.82) is 0 Å². The summed E-state index contributed by atoms with van der Waals surface area (Å²) in [5.74, 6) is -2.18. The van der Waals surface area contributed by atoms with Gasteiger partial charge in [0.1, 0.15) is 0 Å². The van der Waals surface area contributed by atoms with Gasteiger partial charge in [0.25, 0.3) is 5.69 Å². The van der Waals surface area contributed by atoms with Gasteiger partial charge in [-0.1, -0.05) is 29.8 Å². The Morgan fingerprint density at radius 2 is 1.96 bits per heavy atom. The van der Waals surface area contributed by atoms with E-state index in [1.54, 1.807) is 24.3 Å². The molecule has 9 heteroatoms. The Morgan fingerprint density at radius 3 is 2.68 bits per heavy atom. The Hall–Kier alpha value is -3.26. The molecule has 1 heterocycles. The summed E-state index contributed by atoms with van der Waals surface area (Å²) in [5.41, 5.74) is 0.432. The smallest absolute Gasteiger partial charge is 0.311 e. The number of ketones is 1. The van der Waals surface area contributed by atoms with Gasteiger partial charge < -0.3 is 9.64 Å². The normalized spacial score (nSPS) is 16.1. The molecule has 1 aliphatic rings. The first-order chi connectivity index (χ1) is 13.3. The van der Waals surface area contributed by atoms with Crippen molar-refractivity contribution in [2.24, 2.45) is 5.92 Å². The highest BCUT2D eigenvalue weighted by Gasteiger charge is 2.36. The number of carbonyl (C=O) groups excluding carboxylic acids is 3. The highest BCUT2D eigenvalue weighted by molar-refractivity contribution is 6.31. The zero-order chi connectivity index (χ0) is 20.3. The third kappa shape index (κ3) is 4.34. The van der Waals surface area contributed by atoms with Gasteiger partial charge in [0.15, 0.2) is 6.61 Å². The fourth-order valence-electron chi connectivity index (χ4n) is 2.89. The quantitative estimate of drug-likeness (QED) is 0.318. The number of hydrogen-bond acceptors (Lipinski definition) is 6. The second kappa shape index (κ2) is 8.18. The minimum Gasteiger partial charge on any atom is -0.457 e. The minimum atomic E-state index is -0.704. The fraction of sp³-hybridized carbons (Fsp3) is 0.211. The molecule has 1 unspecified atom stereocenters. The second-order valence-electron chi connectivity index (χ2n) is 6.22. The van der Waals surface area contributed by atoms with Crippen molar-refractivity contribution in [3.05, 3.63) is 69.2 Å². The van der Waals surface area contributed by atoms with E-state index in [0.29, 0.717) is 10.7 Å². The van der Waals surface area contributed by atoms with E-state index in [1.807, 2.05) is 0 Å². The Morgan fingerprint density at radius 1 is 1.21 bits per heavy atom. The van der Waals surface area contributed by atoms with E-state index >= 15 is 0 Å². The lowest BCUT2D eigenvalue weighted by Crippen LogP contribution is -2.27. The van der Waals surface area contributed by atoms with E-state index in [4.69, 9.17) is 16.3 Å². The van der Waals surface area contributed by atoms with Crippen LogP contribution in [0.4, 0.5) is 11.4 Å². The monoisotopic (exact) mass is 402 g/mol. The molecule has 0 bridgehead atoms. The van der Waals surface area contributed by atoms with Crippen molar-refractivity contribution in [3.8, 4) is 0 Å². The number of Topliss-reactive ketones (excluding diaryl/α,β-unsaturated/α-hetero) is 1. The lowest BCUT2D eigenvalue weighted by Gasteiger charge is -2.16. The molecule has 0 aromatic heterocycles. The van der Waals surface area contributed by atoms with Gasteiger partial charge >= 0.3 is 5.97 Å². The van der Waals surface area contributed by atoms with Gasteiger partial charge in [-0.25, -0.2) is 0 Å². The van der Waals surface area contributed by atoms with Crippen LogP contribution in [0.5, 0.6) is 0 Å². The third-order valence-corrected chi connectivity index (χ3v) is 4.54. The molecule has 28 heavy (non-hydrogen) atoms. The highest BCUT2D eigenvalue weighted by Crippen LogP contribution is 2.27. The first-order valence-corrected chi connectivity index (χ1v) is 8.73.